The minimum absolute atomic E-state index is 0.0413. The molecule has 0 fully saturated rings. The highest BCUT2D eigenvalue weighted by atomic mass is 32.2. The minimum atomic E-state index is -3.90. The molecule has 8 heteroatoms. The number of aromatic hydroxyl groups is 1. The van der Waals surface area contributed by atoms with Crippen molar-refractivity contribution >= 4 is 21.4 Å². The first-order valence-electron chi connectivity index (χ1n) is 13.8. The van der Waals surface area contributed by atoms with Gasteiger partial charge in [-0.15, -0.1) is 0 Å². The van der Waals surface area contributed by atoms with Crippen LogP contribution in [-0.2, 0) is 29.3 Å². The van der Waals surface area contributed by atoms with Gasteiger partial charge in [-0.05, 0) is 61.4 Å². The Morgan fingerprint density at radius 3 is 2.64 bits per heavy atom. The molecule has 7 nitrogen and oxygen atoms in total. The van der Waals surface area contributed by atoms with E-state index in [1.165, 1.54) is 0 Å². The van der Waals surface area contributed by atoms with Crippen molar-refractivity contribution < 1.29 is 17.9 Å². The number of fused-ring (bicyclic) bond motifs is 2. The quantitative estimate of drug-likeness (QED) is 0.362. The molecular formula is C31H36N2O5S. The first-order valence-corrected chi connectivity index (χ1v) is 15.3. The van der Waals surface area contributed by atoms with Crippen molar-refractivity contribution in [2.45, 2.75) is 75.5 Å². The van der Waals surface area contributed by atoms with Gasteiger partial charge in [0.1, 0.15) is 16.4 Å². The summed E-state index contributed by atoms with van der Waals surface area (Å²) in [5, 5.41) is 11.4. The van der Waals surface area contributed by atoms with Crippen molar-refractivity contribution in [2.24, 2.45) is 0 Å². The van der Waals surface area contributed by atoms with Crippen molar-refractivity contribution in [1.29, 1.82) is 0 Å². The highest BCUT2D eigenvalue weighted by Crippen LogP contribution is 2.39. The van der Waals surface area contributed by atoms with E-state index in [0.717, 1.165) is 48.8 Å². The molecule has 0 saturated heterocycles. The molecule has 1 atom stereocenters. The van der Waals surface area contributed by atoms with Gasteiger partial charge in [0.2, 0.25) is 0 Å². The van der Waals surface area contributed by atoms with E-state index < -0.39 is 21.6 Å². The summed E-state index contributed by atoms with van der Waals surface area (Å²) in [6.07, 6.45) is 11.3. The lowest BCUT2D eigenvalue weighted by atomic mass is 9.85. The highest BCUT2D eigenvalue weighted by Gasteiger charge is 2.28. The Hall–Kier alpha value is -3.52. The van der Waals surface area contributed by atoms with Crippen LogP contribution in [0.2, 0.25) is 0 Å². The van der Waals surface area contributed by atoms with Gasteiger partial charge in [-0.2, -0.15) is 0 Å². The fourth-order valence-electron chi connectivity index (χ4n) is 5.89. The Bertz CT molecular complexity index is 1560. The normalized spacial score (nSPS) is 16.1. The molecule has 1 aliphatic carbocycles. The molecule has 0 amide bonds. The molecule has 206 valence electrons. The average Bonchev–Trinajstić information content (AvgIpc) is 2.89. The second-order valence-corrected chi connectivity index (χ2v) is 12.2. The maximum Gasteiger partial charge on any atom is 0.343 e. The molecule has 3 aromatic rings. The summed E-state index contributed by atoms with van der Waals surface area (Å²) in [6, 6.07) is 12.4. The number of hydrogen-bond acceptors (Lipinski definition) is 6. The van der Waals surface area contributed by atoms with Crippen LogP contribution in [0.4, 0.5) is 11.4 Å². The summed E-state index contributed by atoms with van der Waals surface area (Å²) in [6.45, 7) is 2.02. The van der Waals surface area contributed by atoms with E-state index in [9.17, 15) is 18.3 Å². The largest absolute Gasteiger partial charge is 0.507 e. The van der Waals surface area contributed by atoms with E-state index >= 15 is 0 Å². The molecule has 39 heavy (non-hydrogen) atoms. The van der Waals surface area contributed by atoms with Crippen LogP contribution in [0.25, 0.3) is 0 Å². The van der Waals surface area contributed by atoms with Gasteiger partial charge in [0.05, 0.1) is 11.3 Å². The van der Waals surface area contributed by atoms with Crippen LogP contribution in [0.5, 0.6) is 5.75 Å². The molecule has 0 radical (unpaired) electrons. The van der Waals surface area contributed by atoms with E-state index in [1.54, 1.807) is 30.3 Å². The van der Waals surface area contributed by atoms with E-state index in [4.69, 9.17) is 4.42 Å². The van der Waals surface area contributed by atoms with Crippen molar-refractivity contribution in [3.05, 3.63) is 93.2 Å². The summed E-state index contributed by atoms with van der Waals surface area (Å²) in [4.78, 5) is 15.3. The topological polar surface area (TPSA) is 99.8 Å². The predicted molar refractivity (Wildman–Crippen MR) is 154 cm³/mol. The molecule has 2 aromatic carbocycles. The number of para-hydroxylation sites is 1. The zero-order chi connectivity index (χ0) is 27.6. The number of benzene rings is 2. The number of hydrogen-bond donors (Lipinski definition) is 2. The van der Waals surface area contributed by atoms with Crippen LogP contribution in [0.15, 0.2) is 68.8 Å². The highest BCUT2D eigenvalue weighted by molar-refractivity contribution is 7.92. The van der Waals surface area contributed by atoms with Crippen LogP contribution >= 0.6 is 0 Å². The Morgan fingerprint density at radius 2 is 1.85 bits per heavy atom. The molecular weight excluding hydrogens is 512 g/mol. The average molecular weight is 549 g/mol. The van der Waals surface area contributed by atoms with Crippen LogP contribution in [0.1, 0.15) is 79.4 Å². The summed E-state index contributed by atoms with van der Waals surface area (Å²) in [5.74, 6) is 0.218. The maximum absolute atomic E-state index is 13.6. The lowest BCUT2D eigenvalue weighted by Gasteiger charge is -2.25. The van der Waals surface area contributed by atoms with Gasteiger partial charge < -0.3 is 14.4 Å². The Balaban J connectivity index is 1.51. The predicted octanol–water partition coefficient (Wildman–Crippen LogP) is 6.24. The second kappa shape index (κ2) is 11.3. The Morgan fingerprint density at radius 1 is 1.08 bits per heavy atom. The van der Waals surface area contributed by atoms with Gasteiger partial charge in [0.15, 0.2) is 0 Å². The molecule has 0 spiro atoms. The molecule has 1 unspecified atom stereocenters. The third kappa shape index (κ3) is 5.48. The Labute approximate surface area is 230 Å². The van der Waals surface area contributed by atoms with Crippen LogP contribution in [0.3, 0.4) is 0 Å². The van der Waals surface area contributed by atoms with Crippen LogP contribution in [0, 0.1) is 0 Å². The number of nitrogens with zero attached hydrogens (tertiary/aromatic N) is 1. The van der Waals surface area contributed by atoms with E-state index in [0.29, 0.717) is 42.8 Å². The fourth-order valence-corrected chi connectivity index (χ4v) is 7.22. The summed E-state index contributed by atoms with van der Waals surface area (Å²) in [7, 11) is -2.06. The minimum Gasteiger partial charge on any atom is -0.507 e. The summed E-state index contributed by atoms with van der Waals surface area (Å²) >= 11 is 0. The standard InChI is InChI=1S/C31H36N2O5S/c1-3-11-24(28-30(34)25-16-6-4-5-7-17-26(25)38-31(28)35)22-13-8-15-23(20-22)32-39(36,37)27-18-9-12-21-14-10-19-33(2)29(21)27/h8-10,12-13,15,18-20,24,32,34H,3-7,11,14,16-17H2,1-2H3. The number of sulfonamides is 1. The lowest BCUT2D eigenvalue weighted by molar-refractivity contribution is 0.383. The number of allylic oxidation sites excluding steroid dienone is 1. The third-order valence-corrected chi connectivity index (χ3v) is 9.17. The number of nitrogens with one attached hydrogen (secondary N) is 1. The van der Waals surface area contributed by atoms with Gasteiger partial charge in [-0.1, -0.05) is 56.5 Å². The van der Waals surface area contributed by atoms with Gasteiger partial charge in [-0.25, -0.2) is 13.2 Å². The molecule has 2 N–H and O–H groups in total. The second-order valence-electron chi connectivity index (χ2n) is 10.5. The van der Waals surface area contributed by atoms with E-state index in [-0.39, 0.29) is 16.2 Å². The summed E-state index contributed by atoms with van der Waals surface area (Å²) in [5.41, 5.74) is 3.26. The van der Waals surface area contributed by atoms with Gasteiger partial charge in [0.25, 0.3) is 10.0 Å². The lowest BCUT2D eigenvalue weighted by Crippen LogP contribution is -2.21. The molecule has 1 aliphatic heterocycles. The van der Waals surface area contributed by atoms with Gasteiger partial charge in [0, 0.05) is 36.8 Å². The zero-order valence-corrected chi connectivity index (χ0v) is 23.4. The fraction of sp³-hybridized carbons (Fsp3) is 0.387. The monoisotopic (exact) mass is 548 g/mol. The number of rotatable bonds is 7. The summed E-state index contributed by atoms with van der Waals surface area (Å²) < 4.78 is 35.7. The van der Waals surface area contributed by atoms with Crippen molar-refractivity contribution in [3.8, 4) is 5.75 Å². The molecule has 5 rings (SSSR count). The molecule has 0 saturated carbocycles. The number of anilines is 2. The zero-order valence-electron chi connectivity index (χ0n) is 22.6. The first-order chi connectivity index (χ1) is 18.8. The molecule has 1 aromatic heterocycles. The Kier molecular flexibility index (Phi) is 7.84. The van der Waals surface area contributed by atoms with Crippen molar-refractivity contribution in [2.75, 3.05) is 16.7 Å². The van der Waals surface area contributed by atoms with Crippen molar-refractivity contribution in [1.82, 2.24) is 0 Å². The molecule has 2 heterocycles. The van der Waals surface area contributed by atoms with Crippen molar-refractivity contribution in [3.63, 3.8) is 0 Å². The van der Waals surface area contributed by atoms with E-state index in [2.05, 4.69) is 4.72 Å². The van der Waals surface area contributed by atoms with Crippen LogP contribution < -0.4 is 15.2 Å². The SMILES string of the molecule is CCCC(c1cccc(NS(=O)(=O)c2cccc3c2N(C)C=CC3)c1)c1c(O)c2c(oc1=O)CCCCCC2. The maximum atomic E-state index is 13.6. The molecule has 2 aliphatic rings. The smallest absolute Gasteiger partial charge is 0.343 e. The molecule has 0 bridgehead atoms. The third-order valence-electron chi connectivity index (χ3n) is 7.75. The number of aryl methyl sites for hydroxylation is 1. The van der Waals surface area contributed by atoms with Crippen LogP contribution in [-0.4, -0.2) is 20.6 Å². The first kappa shape index (κ1) is 27.1. The van der Waals surface area contributed by atoms with E-state index in [1.807, 2.05) is 43.3 Å². The van der Waals surface area contributed by atoms with Gasteiger partial charge >= 0.3 is 5.63 Å². The van der Waals surface area contributed by atoms with Gasteiger partial charge in [-0.3, -0.25) is 4.72 Å².